The van der Waals surface area contributed by atoms with Gasteiger partial charge in [0.05, 0.1) is 11.4 Å². The highest BCUT2D eigenvalue weighted by Crippen LogP contribution is 2.41. The van der Waals surface area contributed by atoms with Gasteiger partial charge in [-0.05, 0) is 24.3 Å². The van der Waals surface area contributed by atoms with Crippen LogP contribution in [0.1, 0.15) is 11.7 Å². The Hall–Kier alpha value is -3.15. The number of anilines is 2. The number of fused-ring (bicyclic) bond motifs is 2. The van der Waals surface area contributed by atoms with Crippen LogP contribution >= 0.6 is 0 Å². The molecule has 3 aliphatic rings. The summed E-state index contributed by atoms with van der Waals surface area (Å²) in [7, 11) is 0. The van der Waals surface area contributed by atoms with Crippen molar-refractivity contribution in [2.75, 3.05) is 17.4 Å². The predicted molar refractivity (Wildman–Crippen MR) is 82.1 cm³/mol. The Kier molecular flexibility index (Phi) is 2.38. The summed E-state index contributed by atoms with van der Waals surface area (Å²) < 4.78 is 16.5. The van der Waals surface area contributed by atoms with E-state index in [0.29, 0.717) is 23.1 Å². The van der Waals surface area contributed by atoms with Crippen LogP contribution in [0.5, 0.6) is 11.5 Å². The first-order valence-electron chi connectivity index (χ1n) is 7.27. The maximum atomic E-state index is 12.7. The van der Waals surface area contributed by atoms with E-state index in [1.54, 1.807) is 12.1 Å². The van der Waals surface area contributed by atoms with Gasteiger partial charge in [-0.1, -0.05) is 18.2 Å². The van der Waals surface area contributed by atoms with E-state index in [4.69, 9.17) is 14.2 Å². The van der Waals surface area contributed by atoms with Gasteiger partial charge in [0.2, 0.25) is 18.5 Å². The van der Waals surface area contributed by atoms with Crippen molar-refractivity contribution in [2.24, 2.45) is 0 Å². The van der Waals surface area contributed by atoms with Gasteiger partial charge in [-0.2, -0.15) is 0 Å². The Morgan fingerprint density at radius 2 is 1.74 bits per heavy atom. The predicted octanol–water partition coefficient (Wildman–Crippen LogP) is 2.76. The molecule has 6 heteroatoms. The summed E-state index contributed by atoms with van der Waals surface area (Å²) >= 11 is 0. The Morgan fingerprint density at radius 3 is 2.61 bits per heavy atom. The summed E-state index contributed by atoms with van der Waals surface area (Å²) in [5.74, 6) is 1.66. The quantitative estimate of drug-likeness (QED) is 0.844. The van der Waals surface area contributed by atoms with Crippen LogP contribution in [-0.4, -0.2) is 12.6 Å². The van der Waals surface area contributed by atoms with Crippen molar-refractivity contribution < 1.29 is 19.0 Å². The van der Waals surface area contributed by atoms with Gasteiger partial charge < -0.3 is 24.8 Å². The van der Waals surface area contributed by atoms with Crippen LogP contribution < -0.4 is 20.1 Å². The van der Waals surface area contributed by atoms with Crippen LogP contribution in [-0.2, 0) is 9.53 Å². The molecule has 114 valence electrons. The Bertz CT molecular complexity index is 875. The number of hydrogen-bond acceptors (Lipinski definition) is 6. The zero-order valence-electron chi connectivity index (χ0n) is 12.0. The van der Waals surface area contributed by atoms with E-state index in [-0.39, 0.29) is 12.6 Å². The minimum absolute atomic E-state index is 0.110. The van der Waals surface area contributed by atoms with E-state index in [0.717, 1.165) is 16.9 Å². The monoisotopic (exact) mass is 308 g/mol. The van der Waals surface area contributed by atoms with Crippen LogP contribution in [0, 0.1) is 0 Å². The molecular formula is C17H12N2O4. The molecule has 0 fully saturated rings. The maximum Gasteiger partial charge on any atom is 0.231 e. The lowest BCUT2D eigenvalue weighted by molar-refractivity contribution is -0.121. The van der Waals surface area contributed by atoms with Crippen LogP contribution in [0.4, 0.5) is 11.4 Å². The largest absolute Gasteiger partial charge is 0.461 e. The molecule has 5 rings (SSSR count). The van der Waals surface area contributed by atoms with Crippen molar-refractivity contribution >= 4 is 17.2 Å². The molecule has 0 spiro atoms. The van der Waals surface area contributed by atoms with Crippen LogP contribution in [0.3, 0.4) is 0 Å². The number of rotatable bonds is 1. The summed E-state index contributed by atoms with van der Waals surface area (Å²) in [6, 6.07) is 13.1. The fraction of sp³-hybridized carbons (Fsp3) is 0.118. The summed E-state index contributed by atoms with van der Waals surface area (Å²) in [5, 5.41) is 6.31. The Labute approximate surface area is 131 Å². The second-order valence-electron chi connectivity index (χ2n) is 5.47. The molecule has 3 aliphatic heterocycles. The number of benzene rings is 2. The highest BCUT2D eigenvalue weighted by atomic mass is 16.7. The van der Waals surface area contributed by atoms with Crippen molar-refractivity contribution in [3.63, 3.8) is 0 Å². The molecular weight excluding hydrogens is 296 g/mol. The number of ether oxygens (including phenoxy) is 3. The standard InChI is InChI=1S/C17H12N2O4/c20-15-14-17(19-11-4-2-1-3-10(11)18-14)23-16(15)9-5-6-12-13(7-9)22-8-21-12/h1-7,16,18-19H,8H2/t16-/m1/s1. The molecule has 2 aromatic rings. The first-order valence-corrected chi connectivity index (χ1v) is 7.27. The van der Waals surface area contributed by atoms with Gasteiger partial charge in [-0.3, -0.25) is 4.79 Å². The topological polar surface area (TPSA) is 68.8 Å². The molecule has 0 aromatic heterocycles. The van der Waals surface area contributed by atoms with E-state index in [1.807, 2.05) is 30.3 Å². The number of nitrogens with one attached hydrogen (secondary N) is 2. The van der Waals surface area contributed by atoms with Crippen LogP contribution in [0.2, 0.25) is 0 Å². The van der Waals surface area contributed by atoms with E-state index < -0.39 is 6.10 Å². The SMILES string of the molecule is O=C1C2=C(Nc3ccccc3N2)O[C@@H]1c1ccc2c(c1)OCO2. The maximum absolute atomic E-state index is 12.7. The second-order valence-corrected chi connectivity index (χ2v) is 5.47. The van der Waals surface area contributed by atoms with E-state index >= 15 is 0 Å². The zero-order valence-corrected chi connectivity index (χ0v) is 12.0. The molecule has 2 N–H and O–H groups in total. The van der Waals surface area contributed by atoms with E-state index in [1.165, 1.54) is 0 Å². The third-order valence-electron chi connectivity index (χ3n) is 4.08. The third kappa shape index (κ3) is 1.78. The normalized spacial score (nSPS) is 20.3. The first kappa shape index (κ1) is 12.4. The van der Waals surface area contributed by atoms with Gasteiger partial charge in [0.25, 0.3) is 0 Å². The van der Waals surface area contributed by atoms with Crippen molar-refractivity contribution in [3.05, 3.63) is 59.6 Å². The van der Waals surface area contributed by atoms with Gasteiger partial charge in [-0.15, -0.1) is 0 Å². The third-order valence-corrected chi connectivity index (χ3v) is 4.08. The number of carbonyl (C=O) groups is 1. The fourth-order valence-electron chi connectivity index (χ4n) is 2.94. The van der Waals surface area contributed by atoms with Gasteiger partial charge >= 0.3 is 0 Å². The molecule has 0 unspecified atom stereocenters. The Balaban J connectivity index is 1.47. The smallest absolute Gasteiger partial charge is 0.231 e. The second kappa shape index (κ2) is 4.42. The number of ketones is 1. The average Bonchev–Trinajstić information content (AvgIpc) is 3.17. The summed E-state index contributed by atoms with van der Waals surface area (Å²) in [5.41, 5.74) is 2.92. The molecule has 3 heterocycles. The van der Waals surface area contributed by atoms with Crippen LogP contribution in [0.15, 0.2) is 54.0 Å². The Morgan fingerprint density at radius 1 is 0.957 bits per heavy atom. The minimum atomic E-state index is -0.691. The molecule has 2 aromatic carbocycles. The molecule has 0 radical (unpaired) electrons. The van der Waals surface area contributed by atoms with Gasteiger partial charge in [-0.25, -0.2) is 0 Å². The van der Waals surface area contributed by atoms with Gasteiger partial charge in [0.1, 0.15) is 5.70 Å². The van der Waals surface area contributed by atoms with E-state index in [2.05, 4.69) is 10.6 Å². The highest BCUT2D eigenvalue weighted by molar-refractivity contribution is 6.06. The average molecular weight is 308 g/mol. The summed E-state index contributed by atoms with van der Waals surface area (Å²) in [6.45, 7) is 0.200. The molecule has 6 nitrogen and oxygen atoms in total. The van der Waals surface area contributed by atoms with Crippen molar-refractivity contribution in [2.45, 2.75) is 6.10 Å². The minimum Gasteiger partial charge on any atom is -0.461 e. The van der Waals surface area contributed by atoms with Gasteiger partial charge in [0, 0.05) is 5.56 Å². The molecule has 0 saturated carbocycles. The van der Waals surface area contributed by atoms with Crippen LogP contribution in [0.25, 0.3) is 0 Å². The highest BCUT2D eigenvalue weighted by Gasteiger charge is 2.39. The lowest BCUT2D eigenvalue weighted by Crippen LogP contribution is -2.17. The lowest BCUT2D eigenvalue weighted by Gasteiger charge is -2.19. The molecule has 1 atom stereocenters. The van der Waals surface area contributed by atoms with Crippen molar-refractivity contribution in [1.29, 1.82) is 0 Å². The summed E-state index contributed by atoms with van der Waals surface area (Å²) in [6.07, 6.45) is -0.691. The molecule has 0 saturated heterocycles. The number of carbonyl (C=O) groups excluding carboxylic acids is 1. The lowest BCUT2D eigenvalue weighted by atomic mass is 10.0. The van der Waals surface area contributed by atoms with Gasteiger partial charge in [0.15, 0.2) is 17.6 Å². The van der Waals surface area contributed by atoms with Crippen molar-refractivity contribution in [3.8, 4) is 11.5 Å². The number of para-hydroxylation sites is 2. The molecule has 0 aliphatic carbocycles. The fourth-order valence-corrected chi connectivity index (χ4v) is 2.94. The zero-order chi connectivity index (χ0) is 15.4. The molecule has 0 amide bonds. The molecule has 23 heavy (non-hydrogen) atoms. The van der Waals surface area contributed by atoms with Crippen molar-refractivity contribution in [1.82, 2.24) is 0 Å². The summed E-state index contributed by atoms with van der Waals surface area (Å²) in [4.78, 5) is 12.7. The molecule has 0 bridgehead atoms. The number of Topliss-reactive ketones (excluding diaryl/α,β-unsaturated/α-hetero) is 1. The van der Waals surface area contributed by atoms with E-state index in [9.17, 15) is 4.79 Å². The first-order chi connectivity index (χ1) is 11.3. The number of hydrogen-bond donors (Lipinski definition) is 2.